The average Bonchev–Trinajstić information content (AvgIpc) is 2.93. The Morgan fingerprint density at radius 2 is 2.20 bits per heavy atom. The summed E-state index contributed by atoms with van der Waals surface area (Å²) in [5, 5.41) is 0. The summed E-state index contributed by atoms with van der Waals surface area (Å²) in [4.78, 5) is 20.6. The second-order valence-corrected chi connectivity index (χ2v) is 6.26. The third-order valence-electron chi connectivity index (χ3n) is 4.18. The Kier molecular flexibility index (Phi) is 3.17. The number of hydrogen-bond donors (Lipinski definition) is 0. The van der Waals surface area contributed by atoms with Gasteiger partial charge in [-0.3, -0.25) is 9.80 Å². The summed E-state index contributed by atoms with van der Waals surface area (Å²) in [5.74, 6) is 0.690. The van der Waals surface area contributed by atoms with Crippen molar-refractivity contribution in [3.8, 4) is 0 Å². The predicted molar refractivity (Wildman–Crippen MR) is 76.7 cm³/mol. The number of pyridine rings is 1. The number of carbonyl (C=O) groups is 1. The molecule has 108 valence electrons. The van der Waals surface area contributed by atoms with Gasteiger partial charge in [-0.05, 0) is 52.4 Å². The molecule has 2 aliphatic rings. The number of aromatic nitrogens is 1. The summed E-state index contributed by atoms with van der Waals surface area (Å²) in [6, 6.07) is 6.26. The van der Waals surface area contributed by atoms with Gasteiger partial charge in [-0.2, -0.15) is 0 Å². The Labute approximate surface area is 119 Å². The van der Waals surface area contributed by atoms with Crippen molar-refractivity contribution >= 4 is 11.9 Å². The van der Waals surface area contributed by atoms with Crippen LogP contribution in [-0.2, 0) is 4.74 Å². The summed E-state index contributed by atoms with van der Waals surface area (Å²) in [6.45, 7) is 5.50. The quantitative estimate of drug-likeness (QED) is 0.832. The first kappa shape index (κ1) is 13.4. The van der Waals surface area contributed by atoms with E-state index in [1.54, 1.807) is 4.90 Å². The zero-order valence-corrected chi connectivity index (χ0v) is 12.3. The topological polar surface area (TPSA) is 45.7 Å². The van der Waals surface area contributed by atoms with E-state index < -0.39 is 0 Å². The maximum atomic E-state index is 11.9. The maximum absolute atomic E-state index is 11.9. The lowest BCUT2D eigenvalue weighted by molar-refractivity contribution is 0.175. The smallest absolute Gasteiger partial charge is 0.416 e. The molecule has 1 atom stereocenters. The lowest BCUT2D eigenvalue weighted by Gasteiger charge is -2.28. The molecule has 1 amide bonds. The van der Waals surface area contributed by atoms with E-state index in [0.29, 0.717) is 18.5 Å². The van der Waals surface area contributed by atoms with Crippen molar-refractivity contribution in [2.75, 3.05) is 25.1 Å². The number of carbonyl (C=O) groups excluding carboxylic acids is 1. The lowest BCUT2D eigenvalue weighted by atomic mass is 10.1. The van der Waals surface area contributed by atoms with Gasteiger partial charge in [-0.15, -0.1) is 0 Å². The van der Waals surface area contributed by atoms with Gasteiger partial charge in [-0.1, -0.05) is 6.07 Å². The molecule has 2 fully saturated rings. The Hall–Kier alpha value is -1.62. The first-order valence-electron chi connectivity index (χ1n) is 7.13. The summed E-state index contributed by atoms with van der Waals surface area (Å²) in [5.41, 5.74) is 0.697. The maximum Gasteiger partial charge on any atom is 0.416 e. The van der Waals surface area contributed by atoms with E-state index in [0.717, 1.165) is 18.7 Å². The summed E-state index contributed by atoms with van der Waals surface area (Å²) < 4.78 is 5.16. The number of anilines is 1. The fourth-order valence-corrected chi connectivity index (χ4v) is 3.05. The molecule has 20 heavy (non-hydrogen) atoms. The molecule has 0 N–H and O–H groups in total. The van der Waals surface area contributed by atoms with Gasteiger partial charge < -0.3 is 4.74 Å². The van der Waals surface area contributed by atoms with E-state index in [9.17, 15) is 4.79 Å². The molecule has 0 spiro atoms. The normalized spacial score (nSPS) is 26.1. The number of likely N-dealkylation sites (tertiary alicyclic amines) is 1. The van der Waals surface area contributed by atoms with Gasteiger partial charge in [-0.25, -0.2) is 9.78 Å². The molecule has 0 aliphatic carbocycles. The van der Waals surface area contributed by atoms with E-state index in [2.05, 4.69) is 11.9 Å². The van der Waals surface area contributed by atoms with Crippen LogP contribution in [0.4, 0.5) is 10.6 Å². The Bertz CT molecular complexity index is 530. The van der Waals surface area contributed by atoms with Crippen molar-refractivity contribution in [3.63, 3.8) is 0 Å². The van der Waals surface area contributed by atoms with Crippen molar-refractivity contribution in [2.45, 2.75) is 38.3 Å². The minimum absolute atomic E-state index is 0.306. The average molecular weight is 275 g/mol. The van der Waals surface area contributed by atoms with Crippen LogP contribution in [0.15, 0.2) is 18.2 Å². The fourth-order valence-electron chi connectivity index (χ4n) is 3.05. The van der Waals surface area contributed by atoms with Crippen LogP contribution in [0.5, 0.6) is 0 Å². The number of hydrogen-bond acceptors (Lipinski definition) is 4. The predicted octanol–water partition coefficient (Wildman–Crippen LogP) is 2.58. The molecule has 5 nitrogen and oxygen atoms in total. The second kappa shape index (κ2) is 4.74. The van der Waals surface area contributed by atoms with E-state index in [-0.39, 0.29) is 11.6 Å². The monoisotopic (exact) mass is 275 g/mol. The van der Waals surface area contributed by atoms with Gasteiger partial charge in [0.25, 0.3) is 0 Å². The molecular formula is C15H21N3O2. The highest BCUT2D eigenvalue weighted by Gasteiger charge is 2.42. The third kappa shape index (κ3) is 2.16. The summed E-state index contributed by atoms with van der Waals surface area (Å²) in [7, 11) is 2.13. The zero-order chi connectivity index (χ0) is 14.3. The molecule has 0 radical (unpaired) electrons. The number of cyclic esters (lactones) is 1. The van der Waals surface area contributed by atoms with Crippen molar-refractivity contribution < 1.29 is 9.53 Å². The van der Waals surface area contributed by atoms with Crippen LogP contribution >= 0.6 is 0 Å². The third-order valence-corrected chi connectivity index (χ3v) is 4.18. The number of amides is 1. The Morgan fingerprint density at radius 3 is 2.80 bits per heavy atom. The number of ether oxygens (including phenoxy) is 1. The first-order valence-corrected chi connectivity index (χ1v) is 7.13. The minimum Gasteiger partial charge on any atom is -0.447 e. The molecule has 0 saturated carbocycles. The molecule has 0 aromatic carbocycles. The van der Waals surface area contributed by atoms with Gasteiger partial charge in [0.05, 0.1) is 17.3 Å². The van der Waals surface area contributed by atoms with Crippen LogP contribution < -0.4 is 4.90 Å². The van der Waals surface area contributed by atoms with E-state index in [4.69, 9.17) is 9.72 Å². The zero-order valence-electron chi connectivity index (χ0n) is 12.3. The Balaban J connectivity index is 1.93. The van der Waals surface area contributed by atoms with Crippen LogP contribution in [0.25, 0.3) is 0 Å². The highest BCUT2D eigenvalue weighted by molar-refractivity contribution is 5.90. The molecule has 1 aromatic heterocycles. The fraction of sp³-hybridized carbons (Fsp3) is 0.600. The largest absolute Gasteiger partial charge is 0.447 e. The van der Waals surface area contributed by atoms with Gasteiger partial charge in [0.15, 0.2) is 0 Å². The van der Waals surface area contributed by atoms with Crippen molar-refractivity contribution in [3.05, 3.63) is 23.9 Å². The molecule has 5 heteroatoms. The first-order chi connectivity index (χ1) is 9.49. The van der Waals surface area contributed by atoms with Crippen LogP contribution in [0, 0.1) is 0 Å². The molecule has 3 rings (SSSR count). The molecule has 3 heterocycles. The highest BCUT2D eigenvalue weighted by Crippen LogP contribution is 2.33. The van der Waals surface area contributed by atoms with E-state index in [1.807, 2.05) is 32.0 Å². The van der Waals surface area contributed by atoms with Gasteiger partial charge in [0.2, 0.25) is 0 Å². The van der Waals surface area contributed by atoms with Crippen molar-refractivity contribution in [1.82, 2.24) is 9.88 Å². The molecule has 1 aromatic rings. The standard InChI is InChI=1S/C15H21N3O2/c1-15(2)10-20-14(19)18(15)13-8-4-6-11(16-13)12-7-5-9-17(12)3/h4,6,8,12H,5,7,9-10H2,1-3H3. The van der Waals surface area contributed by atoms with Gasteiger partial charge >= 0.3 is 6.09 Å². The molecule has 2 aliphatic heterocycles. The molecule has 0 bridgehead atoms. The number of rotatable bonds is 2. The van der Waals surface area contributed by atoms with Gasteiger partial charge in [0.1, 0.15) is 12.4 Å². The highest BCUT2D eigenvalue weighted by atomic mass is 16.6. The van der Waals surface area contributed by atoms with Crippen LogP contribution in [0.3, 0.4) is 0 Å². The Morgan fingerprint density at radius 1 is 1.40 bits per heavy atom. The molecular weight excluding hydrogens is 254 g/mol. The summed E-state index contributed by atoms with van der Waals surface area (Å²) >= 11 is 0. The minimum atomic E-state index is -0.343. The SMILES string of the molecule is CN1CCCC1c1cccc(N2C(=O)OCC2(C)C)n1. The van der Waals surface area contributed by atoms with Gasteiger partial charge in [0, 0.05) is 0 Å². The van der Waals surface area contributed by atoms with Crippen LogP contribution in [0.1, 0.15) is 38.4 Å². The molecule has 2 saturated heterocycles. The lowest BCUT2D eigenvalue weighted by Crippen LogP contribution is -2.42. The second-order valence-electron chi connectivity index (χ2n) is 6.26. The number of nitrogens with zero attached hydrogens (tertiary/aromatic N) is 3. The van der Waals surface area contributed by atoms with Crippen molar-refractivity contribution in [2.24, 2.45) is 0 Å². The van der Waals surface area contributed by atoms with E-state index >= 15 is 0 Å². The molecule has 1 unspecified atom stereocenters. The van der Waals surface area contributed by atoms with Crippen molar-refractivity contribution in [1.29, 1.82) is 0 Å². The van der Waals surface area contributed by atoms with Crippen LogP contribution in [0.2, 0.25) is 0 Å². The summed E-state index contributed by atoms with van der Waals surface area (Å²) in [6.07, 6.45) is 2.02. The van der Waals surface area contributed by atoms with Crippen LogP contribution in [-0.4, -0.2) is 41.7 Å². The van der Waals surface area contributed by atoms with E-state index in [1.165, 1.54) is 6.42 Å².